The van der Waals surface area contributed by atoms with Crippen molar-refractivity contribution in [1.82, 2.24) is 4.57 Å². The molecular formula is C18H21N3O3. The molecule has 126 valence electrons. The lowest BCUT2D eigenvalue weighted by Gasteiger charge is -2.18. The van der Waals surface area contributed by atoms with Crippen LogP contribution in [0.4, 0.5) is 16.2 Å². The van der Waals surface area contributed by atoms with Crippen molar-refractivity contribution < 1.29 is 14.3 Å². The summed E-state index contributed by atoms with van der Waals surface area (Å²) in [5.41, 5.74) is 2.42. The van der Waals surface area contributed by atoms with Gasteiger partial charge < -0.3 is 14.6 Å². The second-order valence-corrected chi connectivity index (χ2v) is 6.00. The van der Waals surface area contributed by atoms with E-state index < -0.39 is 0 Å². The number of carbonyl (C=O) groups is 2. The molecule has 1 atom stereocenters. The highest BCUT2D eigenvalue weighted by Gasteiger charge is 2.25. The van der Waals surface area contributed by atoms with E-state index in [1.807, 2.05) is 61.1 Å². The third-order valence-corrected chi connectivity index (χ3v) is 4.16. The van der Waals surface area contributed by atoms with Crippen molar-refractivity contribution in [2.45, 2.75) is 26.3 Å². The van der Waals surface area contributed by atoms with Gasteiger partial charge in [-0.1, -0.05) is 6.07 Å². The molecule has 6 nitrogen and oxygen atoms in total. The Balaban J connectivity index is 1.69. The lowest BCUT2D eigenvalue weighted by molar-refractivity contribution is -0.116. The first-order valence-electron chi connectivity index (χ1n) is 8.02. The van der Waals surface area contributed by atoms with Crippen molar-refractivity contribution in [2.24, 2.45) is 0 Å². The summed E-state index contributed by atoms with van der Waals surface area (Å²) in [4.78, 5) is 25.6. The predicted molar refractivity (Wildman–Crippen MR) is 92.3 cm³/mol. The van der Waals surface area contributed by atoms with E-state index in [1.165, 1.54) is 0 Å². The van der Waals surface area contributed by atoms with Gasteiger partial charge in [-0.15, -0.1) is 0 Å². The van der Waals surface area contributed by atoms with Crippen LogP contribution in [0, 0.1) is 6.92 Å². The van der Waals surface area contributed by atoms with Crippen molar-refractivity contribution in [3.8, 4) is 0 Å². The van der Waals surface area contributed by atoms with E-state index in [0.717, 1.165) is 11.3 Å². The van der Waals surface area contributed by atoms with Gasteiger partial charge in [0.25, 0.3) is 0 Å². The van der Waals surface area contributed by atoms with Gasteiger partial charge in [-0.05, 0) is 43.7 Å². The van der Waals surface area contributed by atoms with Crippen molar-refractivity contribution in [3.05, 3.63) is 48.3 Å². The number of rotatable bonds is 5. The molecule has 2 heterocycles. The summed E-state index contributed by atoms with van der Waals surface area (Å²) >= 11 is 0. The van der Waals surface area contributed by atoms with Crippen LogP contribution in [0.15, 0.2) is 42.7 Å². The summed E-state index contributed by atoms with van der Waals surface area (Å²) in [6, 6.07) is 9.52. The number of hydrogen-bond donors (Lipinski definition) is 1. The average Bonchev–Trinajstić information content (AvgIpc) is 3.20. The predicted octanol–water partition coefficient (Wildman–Crippen LogP) is 3.34. The topological polar surface area (TPSA) is 63.6 Å². The third-order valence-electron chi connectivity index (χ3n) is 4.16. The lowest BCUT2D eigenvalue weighted by atomic mass is 10.1. The SMILES string of the molecule is Cc1ccc(NC(=O)C[C@H](C)n2cccc2)cc1N1CCOC1=O. The Bertz CT molecular complexity index is 740. The van der Waals surface area contributed by atoms with Crippen LogP contribution in [0.1, 0.15) is 24.9 Å². The number of anilines is 2. The average molecular weight is 327 g/mol. The molecule has 0 bridgehead atoms. The van der Waals surface area contributed by atoms with Crippen molar-refractivity contribution >= 4 is 23.4 Å². The molecular weight excluding hydrogens is 306 g/mol. The second kappa shape index (κ2) is 6.78. The highest BCUT2D eigenvalue weighted by Crippen LogP contribution is 2.27. The van der Waals surface area contributed by atoms with Crippen molar-refractivity contribution in [3.63, 3.8) is 0 Å². The first kappa shape index (κ1) is 16.1. The molecule has 0 unspecified atom stereocenters. The van der Waals surface area contributed by atoms with Gasteiger partial charge in [0.2, 0.25) is 5.91 Å². The van der Waals surface area contributed by atoms with E-state index in [-0.39, 0.29) is 18.0 Å². The molecule has 2 amide bonds. The van der Waals surface area contributed by atoms with E-state index in [9.17, 15) is 9.59 Å². The van der Waals surface area contributed by atoms with Crippen LogP contribution >= 0.6 is 0 Å². The van der Waals surface area contributed by atoms with Crippen LogP contribution < -0.4 is 10.2 Å². The number of cyclic esters (lactones) is 1. The molecule has 0 saturated carbocycles. The van der Waals surface area contributed by atoms with E-state index >= 15 is 0 Å². The Morgan fingerprint density at radius 2 is 2.08 bits per heavy atom. The number of nitrogens with one attached hydrogen (secondary N) is 1. The fourth-order valence-corrected chi connectivity index (χ4v) is 2.82. The Hall–Kier alpha value is -2.76. The van der Waals surface area contributed by atoms with Crippen LogP contribution in [0.3, 0.4) is 0 Å². The molecule has 1 aromatic carbocycles. The smallest absolute Gasteiger partial charge is 0.414 e. The quantitative estimate of drug-likeness (QED) is 0.916. The molecule has 2 aromatic rings. The molecule has 1 aromatic heterocycles. The van der Waals surface area contributed by atoms with Gasteiger partial charge in [0.05, 0.1) is 12.2 Å². The highest BCUT2D eigenvalue weighted by molar-refractivity contribution is 5.94. The largest absolute Gasteiger partial charge is 0.447 e. The summed E-state index contributed by atoms with van der Waals surface area (Å²) < 4.78 is 6.99. The number of ether oxygens (including phenoxy) is 1. The van der Waals surface area contributed by atoms with Crippen molar-refractivity contribution in [1.29, 1.82) is 0 Å². The van der Waals surface area contributed by atoms with Crippen LogP contribution in [0.2, 0.25) is 0 Å². The van der Waals surface area contributed by atoms with E-state index in [0.29, 0.717) is 25.3 Å². The molecule has 1 N–H and O–H groups in total. The van der Waals surface area contributed by atoms with Gasteiger partial charge in [-0.3, -0.25) is 9.69 Å². The first-order chi connectivity index (χ1) is 11.5. The minimum absolute atomic E-state index is 0.0602. The maximum atomic E-state index is 12.3. The minimum Gasteiger partial charge on any atom is -0.447 e. The maximum absolute atomic E-state index is 12.3. The van der Waals surface area contributed by atoms with Gasteiger partial charge in [0.15, 0.2) is 0 Å². The number of amides is 2. The van der Waals surface area contributed by atoms with Crippen molar-refractivity contribution in [2.75, 3.05) is 23.4 Å². The summed E-state index contributed by atoms with van der Waals surface area (Å²) in [6.07, 6.45) is 3.92. The number of hydrogen-bond acceptors (Lipinski definition) is 3. The molecule has 0 aliphatic carbocycles. The van der Waals surface area contributed by atoms with Gasteiger partial charge >= 0.3 is 6.09 Å². The van der Waals surface area contributed by atoms with Crippen LogP contribution in [0.5, 0.6) is 0 Å². The third kappa shape index (κ3) is 3.42. The van der Waals surface area contributed by atoms with Crippen LogP contribution in [-0.4, -0.2) is 29.7 Å². The fourth-order valence-electron chi connectivity index (χ4n) is 2.82. The number of aryl methyl sites for hydroxylation is 1. The first-order valence-corrected chi connectivity index (χ1v) is 8.02. The Kier molecular flexibility index (Phi) is 4.55. The Morgan fingerprint density at radius 1 is 1.33 bits per heavy atom. The van der Waals surface area contributed by atoms with Gasteiger partial charge in [0, 0.05) is 30.5 Å². The van der Waals surface area contributed by atoms with E-state index in [4.69, 9.17) is 4.74 Å². The number of aromatic nitrogens is 1. The van der Waals surface area contributed by atoms with Gasteiger partial charge in [0.1, 0.15) is 6.61 Å². The Labute approximate surface area is 141 Å². The summed E-state index contributed by atoms with van der Waals surface area (Å²) in [5.74, 6) is -0.0602. The normalized spacial score (nSPS) is 15.2. The molecule has 0 radical (unpaired) electrons. The molecule has 1 aliphatic rings. The number of carbonyl (C=O) groups excluding carboxylic acids is 2. The second-order valence-electron chi connectivity index (χ2n) is 6.00. The maximum Gasteiger partial charge on any atom is 0.414 e. The number of benzene rings is 1. The van der Waals surface area contributed by atoms with Crippen LogP contribution in [0.25, 0.3) is 0 Å². The number of nitrogens with zero attached hydrogens (tertiary/aromatic N) is 2. The minimum atomic E-state index is -0.345. The molecule has 1 aliphatic heterocycles. The fraction of sp³-hybridized carbons (Fsp3) is 0.333. The molecule has 1 fully saturated rings. The summed E-state index contributed by atoms with van der Waals surface area (Å²) in [7, 11) is 0. The van der Waals surface area contributed by atoms with Gasteiger partial charge in [-0.2, -0.15) is 0 Å². The highest BCUT2D eigenvalue weighted by atomic mass is 16.6. The van der Waals surface area contributed by atoms with E-state index in [2.05, 4.69) is 5.32 Å². The van der Waals surface area contributed by atoms with Gasteiger partial charge in [-0.25, -0.2) is 4.79 Å². The molecule has 1 saturated heterocycles. The zero-order chi connectivity index (χ0) is 17.1. The van der Waals surface area contributed by atoms with Crippen LogP contribution in [-0.2, 0) is 9.53 Å². The summed E-state index contributed by atoms with van der Waals surface area (Å²) in [5, 5.41) is 2.91. The Morgan fingerprint density at radius 3 is 2.75 bits per heavy atom. The zero-order valence-electron chi connectivity index (χ0n) is 13.9. The lowest BCUT2D eigenvalue weighted by Crippen LogP contribution is -2.24. The van der Waals surface area contributed by atoms with E-state index in [1.54, 1.807) is 4.90 Å². The monoisotopic (exact) mass is 327 g/mol. The summed E-state index contributed by atoms with van der Waals surface area (Å²) in [6.45, 7) is 4.85. The molecule has 3 rings (SSSR count). The molecule has 6 heteroatoms. The zero-order valence-corrected chi connectivity index (χ0v) is 13.9. The molecule has 0 spiro atoms. The molecule has 24 heavy (non-hydrogen) atoms. The standard InChI is InChI=1S/C18H21N3O3/c1-13-5-6-15(12-16(13)21-9-10-24-18(21)23)19-17(22)11-14(2)20-7-3-4-8-20/h3-8,12,14H,9-11H2,1-2H3,(H,19,22)/t14-/m0/s1.